The molecule has 3 aliphatic rings. The second kappa shape index (κ2) is 5.12. The second-order valence-corrected chi connectivity index (χ2v) is 5.35. The van der Waals surface area contributed by atoms with Gasteiger partial charge in [-0.05, 0) is 37.5 Å². The molecule has 0 aromatic carbocycles. The fourth-order valence-electron chi connectivity index (χ4n) is 3.66. The summed E-state index contributed by atoms with van der Waals surface area (Å²) in [6.07, 6.45) is 7.19. The average Bonchev–Trinajstić information content (AvgIpc) is 3.07. The van der Waals surface area contributed by atoms with Crippen LogP contribution in [0, 0.1) is 17.3 Å². The molecule has 4 heteroatoms. The van der Waals surface area contributed by atoms with Crippen molar-refractivity contribution >= 4 is 11.9 Å². The highest BCUT2D eigenvalue weighted by atomic mass is 16.5. The molecule has 1 saturated heterocycles. The molecule has 18 heavy (non-hydrogen) atoms. The first kappa shape index (κ1) is 13.1. The highest BCUT2D eigenvalue weighted by molar-refractivity contribution is 5.81. The van der Waals surface area contributed by atoms with Gasteiger partial charge in [0, 0.05) is 6.08 Å². The molecule has 3 atom stereocenters. The number of hydrogen-bond acceptors (Lipinski definition) is 4. The quantitative estimate of drug-likeness (QED) is 0.529. The van der Waals surface area contributed by atoms with E-state index in [2.05, 4.69) is 11.3 Å². The Balaban J connectivity index is 0.000000174. The Bertz CT molecular complexity index is 363. The predicted molar refractivity (Wildman–Crippen MR) is 65.7 cm³/mol. The van der Waals surface area contributed by atoms with E-state index in [1.54, 1.807) is 0 Å². The summed E-state index contributed by atoms with van der Waals surface area (Å²) < 4.78 is 9.25. The molecule has 3 unspecified atom stereocenters. The standard InChI is InChI=1S/C10H14O2.C4H6O2/c11-9-10(3-4-12-9)6-7-1-2-8(10)5-7;1-3-4(5)6-2/h7-8H,1-6H2;3H,1H2,2H3. The molecule has 3 fully saturated rings. The zero-order valence-electron chi connectivity index (χ0n) is 10.8. The van der Waals surface area contributed by atoms with Gasteiger partial charge in [-0.3, -0.25) is 4.79 Å². The minimum absolute atomic E-state index is 0.00289. The van der Waals surface area contributed by atoms with E-state index >= 15 is 0 Å². The molecule has 2 aliphatic carbocycles. The van der Waals surface area contributed by atoms with Gasteiger partial charge in [-0.25, -0.2) is 4.79 Å². The zero-order chi connectivity index (χ0) is 13.2. The van der Waals surface area contributed by atoms with Crippen LogP contribution < -0.4 is 0 Å². The third kappa shape index (κ3) is 2.16. The van der Waals surface area contributed by atoms with Crippen LogP contribution in [0.15, 0.2) is 12.7 Å². The van der Waals surface area contributed by atoms with Gasteiger partial charge in [0.1, 0.15) is 0 Å². The van der Waals surface area contributed by atoms with Crippen molar-refractivity contribution < 1.29 is 19.1 Å². The van der Waals surface area contributed by atoms with Gasteiger partial charge < -0.3 is 9.47 Å². The topological polar surface area (TPSA) is 52.6 Å². The highest BCUT2D eigenvalue weighted by Crippen LogP contribution is 2.59. The van der Waals surface area contributed by atoms with Gasteiger partial charge in [-0.2, -0.15) is 0 Å². The molecule has 1 aliphatic heterocycles. The lowest BCUT2D eigenvalue weighted by atomic mass is 9.72. The fourth-order valence-corrected chi connectivity index (χ4v) is 3.66. The molecule has 0 radical (unpaired) electrons. The van der Waals surface area contributed by atoms with E-state index in [9.17, 15) is 9.59 Å². The highest BCUT2D eigenvalue weighted by Gasteiger charge is 2.58. The molecule has 0 aromatic heterocycles. The zero-order valence-corrected chi connectivity index (χ0v) is 10.8. The lowest BCUT2D eigenvalue weighted by Gasteiger charge is -2.28. The smallest absolute Gasteiger partial charge is 0.329 e. The summed E-state index contributed by atoms with van der Waals surface area (Å²) in [5.41, 5.74) is 0.00289. The molecule has 2 bridgehead atoms. The van der Waals surface area contributed by atoms with Gasteiger partial charge in [-0.15, -0.1) is 0 Å². The molecule has 3 rings (SSSR count). The van der Waals surface area contributed by atoms with Gasteiger partial charge in [0.25, 0.3) is 0 Å². The van der Waals surface area contributed by atoms with Crippen molar-refractivity contribution in [3.63, 3.8) is 0 Å². The number of cyclic esters (lactones) is 1. The molecule has 0 N–H and O–H groups in total. The summed E-state index contributed by atoms with van der Waals surface area (Å²) in [4.78, 5) is 21.4. The molecular formula is C14H20O4. The number of fused-ring (bicyclic) bond motifs is 3. The van der Waals surface area contributed by atoms with E-state index < -0.39 is 5.97 Å². The Kier molecular flexibility index (Phi) is 3.73. The maximum absolute atomic E-state index is 11.6. The number of methoxy groups -OCH3 is 1. The van der Waals surface area contributed by atoms with E-state index in [0.29, 0.717) is 12.5 Å². The first-order chi connectivity index (χ1) is 8.62. The Morgan fingerprint density at radius 1 is 1.56 bits per heavy atom. The molecule has 1 heterocycles. The Labute approximate surface area is 107 Å². The normalized spacial score (nSPS) is 35.9. The van der Waals surface area contributed by atoms with Crippen LogP contribution in [0.4, 0.5) is 0 Å². The monoisotopic (exact) mass is 252 g/mol. The number of esters is 2. The summed E-state index contributed by atoms with van der Waals surface area (Å²) in [6.45, 7) is 3.84. The third-order valence-electron chi connectivity index (χ3n) is 4.53. The Hall–Kier alpha value is -1.32. The van der Waals surface area contributed by atoms with Crippen molar-refractivity contribution in [1.29, 1.82) is 0 Å². The molecule has 1 spiro atoms. The number of rotatable bonds is 1. The van der Waals surface area contributed by atoms with Crippen LogP contribution in [0.1, 0.15) is 32.1 Å². The first-order valence-corrected chi connectivity index (χ1v) is 6.50. The summed E-state index contributed by atoms with van der Waals surface area (Å²) in [5, 5.41) is 0. The lowest BCUT2D eigenvalue weighted by Crippen LogP contribution is -2.32. The number of carbonyl (C=O) groups is 2. The summed E-state index contributed by atoms with van der Waals surface area (Å²) in [7, 11) is 1.31. The summed E-state index contributed by atoms with van der Waals surface area (Å²) >= 11 is 0. The SMILES string of the molecule is C=CC(=O)OC.O=C1OCCC12CC1CCC2C1. The van der Waals surface area contributed by atoms with Gasteiger partial charge in [0.2, 0.25) is 0 Å². The summed E-state index contributed by atoms with van der Waals surface area (Å²) in [5.74, 6) is 1.25. The molecule has 4 nitrogen and oxygen atoms in total. The third-order valence-corrected chi connectivity index (χ3v) is 4.53. The van der Waals surface area contributed by atoms with Crippen LogP contribution in [0.2, 0.25) is 0 Å². The minimum Gasteiger partial charge on any atom is -0.466 e. The van der Waals surface area contributed by atoms with Gasteiger partial charge in [0.05, 0.1) is 19.1 Å². The van der Waals surface area contributed by atoms with Crippen LogP contribution in [0.3, 0.4) is 0 Å². The maximum atomic E-state index is 11.6. The first-order valence-electron chi connectivity index (χ1n) is 6.50. The van der Waals surface area contributed by atoms with Gasteiger partial charge in [-0.1, -0.05) is 13.0 Å². The van der Waals surface area contributed by atoms with Crippen molar-refractivity contribution in [2.75, 3.05) is 13.7 Å². The largest absolute Gasteiger partial charge is 0.466 e. The average molecular weight is 252 g/mol. The van der Waals surface area contributed by atoms with Crippen molar-refractivity contribution in [1.82, 2.24) is 0 Å². The lowest BCUT2D eigenvalue weighted by molar-refractivity contribution is -0.148. The van der Waals surface area contributed by atoms with E-state index in [1.807, 2.05) is 0 Å². The Morgan fingerprint density at radius 2 is 2.33 bits per heavy atom. The van der Waals surface area contributed by atoms with Crippen LogP contribution in [-0.2, 0) is 19.1 Å². The fraction of sp³-hybridized carbons (Fsp3) is 0.714. The molecule has 2 saturated carbocycles. The molecular weight excluding hydrogens is 232 g/mol. The van der Waals surface area contributed by atoms with Gasteiger partial charge >= 0.3 is 11.9 Å². The van der Waals surface area contributed by atoms with E-state index in [1.165, 1.54) is 26.4 Å². The minimum atomic E-state index is -0.394. The summed E-state index contributed by atoms with van der Waals surface area (Å²) in [6, 6.07) is 0. The van der Waals surface area contributed by atoms with Crippen molar-refractivity contribution in [2.45, 2.75) is 32.1 Å². The maximum Gasteiger partial charge on any atom is 0.329 e. The van der Waals surface area contributed by atoms with Crippen molar-refractivity contribution in [3.8, 4) is 0 Å². The van der Waals surface area contributed by atoms with E-state index in [0.717, 1.165) is 24.8 Å². The van der Waals surface area contributed by atoms with Crippen LogP contribution in [-0.4, -0.2) is 25.7 Å². The van der Waals surface area contributed by atoms with Gasteiger partial charge in [0.15, 0.2) is 0 Å². The van der Waals surface area contributed by atoms with E-state index in [-0.39, 0.29) is 11.4 Å². The number of carbonyl (C=O) groups excluding carboxylic acids is 2. The second-order valence-electron chi connectivity index (χ2n) is 5.35. The van der Waals surface area contributed by atoms with Crippen molar-refractivity contribution in [2.24, 2.45) is 17.3 Å². The predicted octanol–water partition coefficient (Wildman–Crippen LogP) is 2.09. The van der Waals surface area contributed by atoms with Crippen LogP contribution in [0.25, 0.3) is 0 Å². The van der Waals surface area contributed by atoms with Crippen LogP contribution >= 0.6 is 0 Å². The van der Waals surface area contributed by atoms with Crippen LogP contribution in [0.5, 0.6) is 0 Å². The van der Waals surface area contributed by atoms with E-state index in [4.69, 9.17) is 4.74 Å². The molecule has 0 aromatic rings. The molecule has 0 amide bonds. The molecule has 100 valence electrons. The number of ether oxygens (including phenoxy) is 2. The number of hydrogen-bond donors (Lipinski definition) is 0. The van der Waals surface area contributed by atoms with Crippen molar-refractivity contribution in [3.05, 3.63) is 12.7 Å². The Morgan fingerprint density at radius 3 is 2.67 bits per heavy atom.